The molecular formula is C17H32. The quantitative estimate of drug-likeness (QED) is 0.286. The second-order valence-corrected chi connectivity index (χ2v) is 5.10. The fourth-order valence-electron chi connectivity index (χ4n) is 1.92. The molecule has 0 aromatic rings. The monoisotopic (exact) mass is 236 g/mol. The highest BCUT2D eigenvalue weighted by Crippen LogP contribution is 2.11. The lowest BCUT2D eigenvalue weighted by Crippen LogP contribution is -1.81. The van der Waals surface area contributed by atoms with Crippen LogP contribution in [0.4, 0.5) is 0 Å². The first-order chi connectivity index (χ1) is 8.31. The average molecular weight is 236 g/mol. The lowest BCUT2D eigenvalue weighted by Gasteiger charge is -2.01. The smallest absolute Gasteiger partial charge is 0.0320 e. The van der Waals surface area contributed by atoms with Gasteiger partial charge in [-0.05, 0) is 26.2 Å². The predicted molar refractivity (Wildman–Crippen MR) is 80.4 cm³/mol. The summed E-state index contributed by atoms with van der Waals surface area (Å²) < 4.78 is 0. The highest BCUT2D eigenvalue weighted by Gasteiger charge is 1.91. The number of unbranched alkanes of at least 4 members (excludes halogenated alkanes) is 7. The van der Waals surface area contributed by atoms with Crippen LogP contribution in [0.2, 0.25) is 0 Å². The van der Waals surface area contributed by atoms with E-state index in [9.17, 15) is 0 Å². The summed E-state index contributed by atoms with van der Waals surface area (Å²) >= 11 is 0. The molecule has 0 atom stereocenters. The Morgan fingerprint density at radius 3 is 2.18 bits per heavy atom. The van der Waals surface area contributed by atoms with Gasteiger partial charge in [0, 0.05) is 0 Å². The average Bonchev–Trinajstić information content (AvgIpc) is 2.33. The van der Waals surface area contributed by atoms with Crippen molar-refractivity contribution in [2.45, 2.75) is 85.0 Å². The highest BCUT2D eigenvalue weighted by molar-refractivity contribution is 5.10. The Hall–Kier alpha value is -0.520. The van der Waals surface area contributed by atoms with Gasteiger partial charge in [0.25, 0.3) is 0 Å². The molecule has 0 saturated carbocycles. The normalized spacial score (nSPS) is 12.5. The fourth-order valence-corrected chi connectivity index (χ4v) is 1.92. The van der Waals surface area contributed by atoms with E-state index in [-0.39, 0.29) is 0 Å². The summed E-state index contributed by atoms with van der Waals surface area (Å²) in [6, 6.07) is 0. The maximum Gasteiger partial charge on any atom is -0.0320 e. The molecule has 100 valence electrons. The molecule has 0 radical (unpaired) electrons. The zero-order valence-corrected chi connectivity index (χ0v) is 12.3. The van der Waals surface area contributed by atoms with Crippen LogP contribution >= 0.6 is 0 Å². The van der Waals surface area contributed by atoms with Gasteiger partial charge < -0.3 is 0 Å². The molecule has 0 spiro atoms. The summed E-state index contributed by atoms with van der Waals surface area (Å²) in [5.41, 5.74) is 1.54. The minimum Gasteiger partial charge on any atom is -0.0845 e. The van der Waals surface area contributed by atoms with Gasteiger partial charge in [0.15, 0.2) is 0 Å². The van der Waals surface area contributed by atoms with Crippen LogP contribution in [0.1, 0.15) is 85.0 Å². The zero-order chi connectivity index (χ0) is 12.8. The van der Waals surface area contributed by atoms with Gasteiger partial charge in [0.2, 0.25) is 0 Å². The van der Waals surface area contributed by atoms with E-state index in [1.165, 1.54) is 69.8 Å². The van der Waals surface area contributed by atoms with Crippen LogP contribution in [-0.4, -0.2) is 0 Å². The summed E-state index contributed by atoms with van der Waals surface area (Å²) in [4.78, 5) is 0. The van der Waals surface area contributed by atoms with Crippen LogP contribution in [0.3, 0.4) is 0 Å². The Morgan fingerprint density at radius 1 is 0.824 bits per heavy atom. The lowest BCUT2D eigenvalue weighted by atomic mass is 10.1. The van der Waals surface area contributed by atoms with Crippen molar-refractivity contribution in [2.75, 3.05) is 0 Å². The van der Waals surface area contributed by atoms with Gasteiger partial charge in [0.05, 0.1) is 0 Å². The van der Waals surface area contributed by atoms with Crippen molar-refractivity contribution in [1.29, 1.82) is 0 Å². The second-order valence-electron chi connectivity index (χ2n) is 5.10. The lowest BCUT2D eigenvalue weighted by molar-refractivity contribution is 0.606. The summed E-state index contributed by atoms with van der Waals surface area (Å²) in [7, 11) is 0. The molecule has 0 saturated heterocycles. The van der Waals surface area contributed by atoms with Crippen molar-refractivity contribution in [2.24, 2.45) is 0 Å². The summed E-state index contributed by atoms with van der Waals surface area (Å²) in [5, 5.41) is 0. The molecule has 0 N–H and O–H groups in total. The first-order valence-corrected chi connectivity index (χ1v) is 7.63. The molecule has 0 aromatic heterocycles. The van der Waals surface area contributed by atoms with Crippen molar-refractivity contribution in [1.82, 2.24) is 0 Å². The standard InChI is InChI=1S/C17H32/c1-4-6-8-10-12-14-16-17(3)15-13-11-9-7-5-2/h11,13,15H,4-10,12,14,16H2,1-3H3/b13-11+,17-15+. The molecule has 0 unspecified atom stereocenters. The Morgan fingerprint density at radius 2 is 1.47 bits per heavy atom. The number of rotatable bonds is 11. The molecule has 17 heavy (non-hydrogen) atoms. The van der Waals surface area contributed by atoms with Crippen LogP contribution in [0.25, 0.3) is 0 Å². The molecule has 0 aliphatic heterocycles. The van der Waals surface area contributed by atoms with Gasteiger partial charge >= 0.3 is 0 Å². The van der Waals surface area contributed by atoms with Crippen molar-refractivity contribution in [3.8, 4) is 0 Å². The number of hydrogen-bond acceptors (Lipinski definition) is 0. The third-order valence-corrected chi connectivity index (χ3v) is 3.17. The molecule has 0 aromatic carbocycles. The molecule has 0 nitrogen and oxygen atoms in total. The van der Waals surface area contributed by atoms with Gasteiger partial charge in [-0.3, -0.25) is 0 Å². The van der Waals surface area contributed by atoms with E-state index in [4.69, 9.17) is 0 Å². The van der Waals surface area contributed by atoms with Gasteiger partial charge in [-0.25, -0.2) is 0 Å². The Balaban J connectivity index is 3.40. The summed E-state index contributed by atoms with van der Waals surface area (Å²) in [5.74, 6) is 0. The molecule has 0 amide bonds. The van der Waals surface area contributed by atoms with E-state index in [2.05, 4.69) is 39.0 Å². The van der Waals surface area contributed by atoms with Crippen molar-refractivity contribution >= 4 is 0 Å². The van der Waals surface area contributed by atoms with Gasteiger partial charge in [0.1, 0.15) is 0 Å². The topological polar surface area (TPSA) is 0 Å². The Kier molecular flexibility index (Phi) is 13.1. The van der Waals surface area contributed by atoms with Crippen LogP contribution in [0, 0.1) is 0 Å². The predicted octanol–water partition coefficient (Wildman–Crippen LogP) is 6.43. The molecule has 0 heteroatoms. The largest absolute Gasteiger partial charge is 0.0845 e. The number of hydrogen-bond donors (Lipinski definition) is 0. The summed E-state index contributed by atoms with van der Waals surface area (Å²) in [6.07, 6.45) is 20.4. The maximum absolute atomic E-state index is 2.30. The molecule has 0 heterocycles. The fraction of sp³-hybridized carbons (Fsp3) is 0.765. The van der Waals surface area contributed by atoms with Crippen LogP contribution < -0.4 is 0 Å². The minimum absolute atomic E-state index is 1.23. The van der Waals surface area contributed by atoms with Crippen LogP contribution in [-0.2, 0) is 0 Å². The van der Waals surface area contributed by atoms with Crippen LogP contribution in [0.15, 0.2) is 23.8 Å². The Labute approximate surface area is 109 Å². The van der Waals surface area contributed by atoms with Crippen molar-refractivity contribution in [3.63, 3.8) is 0 Å². The minimum atomic E-state index is 1.23. The van der Waals surface area contributed by atoms with Gasteiger partial charge in [-0.15, -0.1) is 0 Å². The van der Waals surface area contributed by atoms with Crippen molar-refractivity contribution < 1.29 is 0 Å². The Bertz CT molecular complexity index is 198. The summed E-state index contributed by atoms with van der Waals surface area (Å²) in [6.45, 7) is 6.78. The SMILES string of the molecule is CCCC/C=C/C=C(\C)CCCCCCCC. The number of allylic oxidation sites excluding steroid dienone is 4. The maximum atomic E-state index is 2.30. The first-order valence-electron chi connectivity index (χ1n) is 7.63. The molecule has 0 fully saturated rings. The van der Waals surface area contributed by atoms with Gasteiger partial charge in [-0.2, -0.15) is 0 Å². The molecular weight excluding hydrogens is 204 g/mol. The molecule has 0 rings (SSSR count). The first kappa shape index (κ1) is 16.5. The van der Waals surface area contributed by atoms with E-state index in [1.807, 2.05) is 0 Å². The molecule has 0 aliphatic rings. The second kappa shape index (κ2) is 13.5. The van der Waals surface area contributed by atoms with Gasteiger partial charge in [-0.1, -0.05) is 82.6 Å². The third-order valence-electron chi connectivity index (χ3n) is 3.17. The zero-order valence-electron chi connectivity index (χ0n) is 12.3. The van der Waals surface area contributed by atoms with E-state index in [0.717, 1.165) is 0 Å². The van der Waals surface area contributed by atoms with E-state index in [0.29, 0.717) is 0 Å². The highest BCUT2D eigenvalue weighted by atomic mass is 14.0. The molecule has 0 aliphatic carbocycles. The van der Waals surface area contributed by atoms with E-state index < -0.39 is 0 Å². The van der Waals surface area contributed by atoms with Crippen LogP contribution in [0.5, 0.6) is 0 Å². The van der Waals surface area contributed by atoms with E-state index >= 15 is 0 Å². The van der Waals surface area contributed by atoms with Crippen molar-refractivity contribution in [3.05, 3.63) is 23.8 Å². The molecule has 0 bridgehead atoms. The third kappa shape index (κ3) is 13.4. The van der Waals surface area contributed by atoms with E-state index in [1.54, 1.807) is 0 Å².